The maximum absolute atomic E-state index is 11.7. The Hall–Kier alpha value is -2.86. The molecule has 1 aromatic carbocycles. The highest BCUT2D eigenvalue weighted by Gasteiger charge is 2.21. The number of fused-ring (bicyclic) bond motifs is 1. The number of H-pyrrole nitrogens is 1. The van der Waals surface area contributed by atoms with Gasteiger partial charge in [-0.2, -0.15) is 0 Å². The molecule has 25 heavy (non-hydrogen) atoms. The highest BCUT2D eigenvalue weighted by atomic mass is 16.2. The number of carbonyl (C=O) groups is 1. The molecular formula is C19H21N5O. The van der Waals surface area contributed by atoms with E-state index in [9.17, 15) is 4.79 Å². The minimum Gasteiger partial charge on any atom is -0.360 e. The molecule has 3 heterocycles. The molecule has 1 atom stereocenters. The molecule has 6 nitrogen and oxygen atoms in total. The molecule has 6 heteroatoms. The van der Waals surface area contributed by atoms with Gasteiger partial charge in [0.2, 0.25) is 0 Å². The molecule has 1 saturated heterocycles. The molecule has 1 unspecified atom stereocenters. The van der Waals surface area contributed by atoms with Gasteiger partial charge in [-0.1, -0.05) is 12.1 Å². The first-order valence-corrected chi connectivity index (χ1v) is 8.51. The first-order chi connectivity index (χ1) is 12.2. The van der Waals surface area contributed by atoms with Crippen molar-refractivity contribution in [3.8, 4) is 0 Å². The van der Waals surface area contributed by atoms with Crippen LogP contribution in [0.15, 0.2) is 48.9 Å². The van der Waals surface area contributed by atoms with Gasteiger partial charge >= 0.3 is 6.03 Å². The summed E-state index contributed by atoms with van der Waals surface area (Å²) >= 11 is 0. The Morgan fingerprint density at radius 1 is 1.28 bits per heavy atom. The number of nitrogens with one attached hydrogen (secondary N) is 3. The van der Waals surface area contributed by atoms with Crippen LogP contribution >= 0.6 is 0 Å². The fraction of sp³-hybridized carbons (Fsp3) is 0.263. The fourth-order valence-electron chi connectivity index (χ4n) is 3.22. The highest BCUT2D eigenvalue weighted by molar-refractivity contribution is 5.94. The molecule has 0 bridgehead atoms. The Kier molecular flexibility index (Phi) is 4.11. The van der Waals surface area contributed by atoms with Gasteiger partial charge in [-0.3, -0.25) is 9.88 Å². The topological polar surface area (TPSA) is 73.1 Å². The van der Waals surface area contributed by atoms with Crippen molar-refractivity contribution in [2.24, 2.45) is 0 Å². The van der Waals surface area contributed by atoms with Crippen molar-refractivity contribution in [1.82, 2.24) is 20.6 Å². The van der Waals surface area contributed by atoms with Crippen LogP contribution in [0.25, 0.3) is 10.9 Å². The third-order valence-corrected chi connectivity index (χ3v) is 4.73. The summed E-state index contributed by atoms with van der Waals surface area (Å²) in [5, 5.41) is 7.58. The Balaban J connectivity index is 1.42. The van der Waals surface area contributed by atoms with E-state index in [2.05, 4.69) is 39.7 Å². The van der Waals surface area contributed by atoms with Crippen LogP contribution in [-0.2, 0) is 6.54 Å². The molecule has 4 rings (SSSR count). The second-order valence-corrected chi connectivity index (χ2v) is 6.31. The number of pyridine rings is 1. The Labute approximate surface area is 146 Å². The molecule has 1 fully saturated rings. The predicted octanol–water partition coefficient (Wildman–Crippen LogP) is 2.94. The summed E-state index contributed by atoms with van der Waals surface area (Å²) in [5.41, 5.74) is 4.43. The monoisotopic (exact) mass is 335 g/mol. The number of amides is 2. The summed E-state index contributed by atoms with van der Waals surface area (Å²) in [6.45, 7) is 4.36. The average Bonchev–Trinajstić information content (AvgIpc) is 3.26. The molecule has 0 aliphatic carbocycles. The lowest BCUT2D eigenvalue weighted by molar-refractivity contribution is 0.252. The highest BCUT2D eigenvalue weighted by Crippen LogP contribution is 2.22. The van der Waals surface area contributed by atoms with E-state index in [0.29, 0.717) is 6.54 Å². The number of urea groups is 1. The van der Waals surface area contributed by atoms with Gasteiger partial charge in [0.1, 0.15) is 0 Å². The quantitative estimate of drug-likeness (QED) is 0.671. The van der Waals surface area contributed by atoms with Gasteiger partial charge in [0.25, 0.3) is 0 Å². The molecule has 0 spiro atoms. The lowest BCUT2D eigenvalue weighted by atomic mass is 10.1. The lowest BCUT2D eigenvalue weighted by Gasteiger charge is -2.17. The molecule has 0 saturated carbocycles. The molecule has 1 aliphatic rings. The number of nitrogens with zero attached hydrogens (tertiary/aromatic N) is 2. The van der Waals surface area contributed by atoms with Gasteiger partial charge in [0.15, 0.2) is 0 Å². The van der Waals surface area contributed by atoms with Crippen LogP contribution in [0.4, 0.5) is 10.5 Å². The number of aromatic amines is 1. The van der Waals surface area contributed by atoms with Crippen molar-refractivity contribution < 1.29 is 4.79 Å². The van der Waals surface area contributed by atoms with Crippen LogP contribution in [0.3, 0.4) is 0 Å². The second kappa shape index (κ2) is 6.57. The number of hydrogen-bond donors (Lipinski definition) is 3. The first kappa shape index (κ1) is 15.7. The zero-order valence-electron chi connectivity index (χ0n) is 14.1. The smallest absolute Gasteiger partial charge is 0.321 e. The van der Waals surface area contributed by atoms with E-state index in [1.54, 1.807) is 4.90 Å². The normalized spacial score (nSPS) is 15.6. The van der Waals surface area contributed by atoms with Gasteiger partial charge in [0.05, 0.1) is 11.7 Å². The van der Waals surface area contributed by atoms with Crippen LogP contribution in [0.5, 0.6) is 0 Å². The zero-order chi connectivity index (χ0) is 17.2. The molecule has 0 radical (unpaired) electrons. The maximum atomic E-state index is 11.7. The summed E-state index contributed by atoms with van der Waals surface area (Å²) in [6, 6.07) is 10.4. The van der Waals surface area contributed by atoms with E-state index in [4.69, 9.17) is 0 Å². The van der Waals surface area contributed by atoms with E-state index in [-0.39, 0.29) is 12.1 Å². The average molecular weight is 335 g/mol. The summed E-state index contributed by atoms with van der Waals surface area (Å²) in [7, 11) is 0. The van der Waals surface area contributed by atoms with Gasteiger partial charge in [-0.25, -0.2) is 4.79 Å². The molecule has 1 aliphatic heterocycles. The maximum Gasteiger partial charge on any atom is 0.321 e. The van der Waals surface area contributed by atoms with E-state index in [1.807, 2.05) is 36.8 Å². The van der Waals surface area contributed by atoms with Crippen molar-refractivity contribution >= 4 is 22.6 Å². The van der Waals surface area contributed by atoms with Crippen LogP contribution in [0, 0.1) is 0 Å². The van der Waals surface area contributed by atoms with E-state index < -0.39 is 0 Å². The van der Waals surface area contributed by atoms with Crippen molar-refractivity contribution in [3.63, 3.8) is 0 Å². The molecule has 128 valence electrons. The Bertz CT molecular complexity index is 886. The minimum atomic E-state index is -0.0206. The van der Waals surface area contributed by atoms with E-state index in [0.717, 1.165) is 24.3 Å². The van der Waals surface area contributed by atoms with Crippen molar-refractivity contribution in [1.29, 1.82) is 0 Å². The number of carbonyl (C=O) groups excluding carboxylic acids is 1. The van der Waals surface area contributed by atoms with E-state index >= 15 is 0 Å². The van der Waals surface area contributed by atoms with Crippen LogP contribution in [-0.4, -0.2) is 29.1 Å². The van der Waals surface area contributed by atoms with Crippen molar-refractivity contribution in [3.05, 3.63) is 60.0 Å². The largest absolute Gasteiger partial charge is 0.360 e. The number of anilines is 1. The number of hydrogen-bond acceptors (Lipinski definition) is 3. The molecule has 3 N–H and O–H groups in total. The molecular weight excluding hydrogens is 314 g/mol. The van der Waals surface area contributed by atoms with E-state index in [1.165, 1.54) is 16.5 Å². The number of benzene rings is 1. The van der Waals surface area contributed by atoms with Gasteiger partial charge in [-0.05, 0) is 36.2 Å². The Morgan fingerprint density at radius 2 is 2.12 bits per heavy atom. The summed E-state index contributed by atoms with van der Waals surface area (Å²) in [4.78, 5) is 20.9. The standard InChI is InChI=1S/C19H21N5O/c1-13(22-10-15-11-23-18-12-20-7-6-17(15)18)14-2-4-16(5-3-14)24-9-8-21-19(24)25/h2-7,11-13,22-23H,8-10H2,1H3,(H,21,25). The second-order valence-electron chi connectivity index (χ2n) is 6.31. The van der Waals surface area contributed by atoms with Gasteiger partial charge < -0.3 is 15.6 Å². The third-order valence-electron chi connectivity index (χ3n) is 4.73. The minimum absolute atomic E-state index is 0.0206. The zero-order valence-corrected chi connectivity index (χ0v) is 14.1. The van der Waals surface area contributed by atoms with Crippen LogP contribution in [0.2, 0.25) is 0 Å². The molecule has 2 amide bonds. The van der Waals surface area contributed by atoms with Crippen molar-refractivity contribution in [2.45, 2.75) is 19.5 Å². The van der Waals surface area contributed by atoms with Crippen molar-refractivity contribution in [2.75, 3.05) is 18.0 Å². The first-order valence-electron chi connectivity index (χ1n) is 8.51. The Morgan fingerprint density at radius 3 is 2.88 bits per heavy atom. The third kappa shape index (κ3) is 3.08. The summed E-state index contributed by atoms with van der Waals surface area (Å²) in [5.74, 6) is 0. The lowest BCUT2D eigenvalue weighted by Crippen LogP contribution is -2.27. The van der Waals surface area contributed by atoms with Crippen LogP contribution in [0.1, 0.15) is 24.1 Å². The number of aromatic nitrogens is 2. The SMILES string of the molecule is CC(NCc1c[nH]c2cnccc12)c1ccc(N2CCNC2=O)cc1. The van der Waals surface area contributed by atoms with Gasteiger partial charge in [0, 0.05) is 49.1 Å². The predicted molar refractivity (Wildman–Crippen MR) is 98.5 cm³/mol. The fourth-order valence-corrected chi connectivity index (χ4v) is 3.22. The summed E-state index contributed by atoms with van der Waals surface area (Å²) < 4.78 is 0. The molecule has 2 aromatic heterocycles. The number of rotatable bonds is 5. The summed E-state index contributed by atoms with van der Waals surface area (Å²) in [6.07, 6.45) is 5.69. The van der Waals surface area contributed by atoms with Crippen LogP contribution < -0.4 is 15.5 Å². The van der Waals surface area contributed by atoms with Gasteiger partial charge in [-0.15, -0.1) is 0 Å². The molecule has 3 aromatic rings.